The highest BCUT2D eigenvalue weighted by atomic mass is 31.0. The van der Waals surface area contributed by atoms with Gasteiger partial charge in [-0.15, -0.1) is 0 Å². The number of hydrogen-bond acceptors (Lipinski definition) is 3. The van der Waals surface area contributed by atoms with E-state index < -0.39 is 0 Å². The number of unbranched alkanes of at least 4 members (excludes halogenated alkanes) is 24. The van der Waals surface area contributed by atoms with E-state index in [2.05, 4.69) is 23.3 Å². The Labute approximate surface area is 254 Å². The molecule has 0 aromatic rings. The van der Waals surface area contributed by atoms with Crippen molar-refractivity contribution in [1.82, 2.24) is 0 Å². The van der Waals surface area contributed by atoms with Gasteiger partial charge in [0.1, 0.15) is 0 Å². The van der Waals surface area contributed by atoms with E-state index in [1.54, 1.807) is 0 Å². The summed E-state index contributed by atoms with van der Waals surface area (Å²) < 4.78 is 10.8. The van der Waals surface area contributed by atoms with Crippen LogP contribution in [-0.2, 0) is 14.1 Å². The van der Waals surface area contributed by atoms with Gasteiger partial charge in [-0.1, -0.05) is 181 Å². The number of hydrogen-bond donors (Lipinski definition) is 0. The Hall–Kier alpha value is -0.140. The standard InChI is InChI=1S/C36H73O3P/c1-4-6-8-10-12-14-16-18-19-21-23-25-27-29-31-35(33-38-36(37)32-34(3)39-40)30-28-26-24-22-20-17-15-13-11-9-7-5-2/h34-35H,4-33,40H2,1-3H3. The summed E-state index contributed by atoms with van der Waals surface area (Å²) in [6, 6.07) is 0. The van der Waals surface area contributed by atoms with Gasteiger partial charge in [0, 0.05) is 9.47 Å². The monoisotopic (exact) mass is 585 g/mol. The first kappa shape index (κ1) is 39.9. The van der Waals surface area contributed by atoms with Gasteiger partial charge in [0.2, 0.25) is 0 Å². The Bertz CT molecular complexity index is 498. The molecule has 0 aliphatic carbocycles. The number of ether oxygens (including phenoxy) is 1. The van der Waals surface area contributed by atoms with Crippen LogP contribution < -0.4 is 0 Å². The summed E-state index contributed by atoms with van der Waals surface area (Å²) in [4.78, 5) is 12.2. The summed E-state index contributed by atoms with van der Waals surface area (Å²) in [6.07, 6.45) is 38.9. The molecule has 0 bridgehead atoms. The number of carbonyl (C=O) groups is 1. The van der Waals surface area contributed by atoms with Gasteiger partial charge in [-0.25, -0.2) is 0 Å². The van der Waals surface area contributed by atoms with Crippen LogP contribution >= 0.6 is 9.47 Å². The zero-order valence-corrected chi connectivity index (χ0v) is 28.8. The molecule has 0 saturated heterocycles. The van der Waals surface area contributed by atoms with E-state index in [1.807, 2.05) is 6.92 Å². The van der Waals surface area contributed by atoms with Crippen LogP contribution in [0.25, 0.3) is 0 Å². The van der Waals surface area contributed by atoms with Gasteiger partial charge >= 0.3 is 5.97 Å². The van der Waals surface area contributed by atoms with Gasteiger partial charge in [0.25, 0.3) is 0 Å². The Morgan fingerprint density at radius 1 is 0.525 bits per heavy atom. The van der Waals surface area contributed by atoms with Crippen molar-refractivity contribution in [2.24, 2.45) is 5.92 Å². The number of rotatable bonds is 33. The van der Waals surface area contributed by atoms with Crippen molar-refractivity contribution >= 4 is 15.4 Å². The molecule has 0 N–H and O–H groups in total. The van der Waals surface area contributed by atoms with Gasteiger partial charge < -0.3 is 9.26 Å². The van der Waals surface area contributed by atoms with Crippen molar-refractivity contribution in [1.29, 1.82) is 0 Å². The molecule has 0 aliphatic heterocycles. The number of esters is 1. The normalized spacial score (nSPS) is 13.0. The highest BCUT2D eigenvalue weighted by molar-refractivity contribution is 7.09. The molecule has 0 aromatic heterocycles. The fourth-order valence-corrected chi connectivity index (χ4v) is 5.86. The maximum absolute atomic E-state index is 12.2. The molecule has 0 spiro atoms. The summed E-state index contributed by atoms with van der Waals surface area (Å²) in [6.45, 7) is 7.09. The lowest BCUT2D eigenvalue weighted by Gasteiger charge is -2.18. The third kappa shape index (κ3) is 30.8. The first-order valence-electron chi connectivity index (χ1n) is 18.1. The van der Waals surface area contributed by atoms with Crippen LogP contribution in [0.1, 0.15) is 207 Å². The third-order valence-corrected chi connectivity index (χ3v) is 9.06. The molecule has 0 amide bonds. The van der Waals surface area contributed by atoms with Crippen molar-refractivity contribution in [2.45, 2.75) is 213 Å². The van der Waals surface area contributed by atoms with E-state index in [1.165, 1.54) is 180 Å². The SMILES string of the molecule is CCCCCCCCCCCCCCCCC(CCCCCCCCCCCCCC)COC(=O)CC(C)OP. The van der Waals surface area contributed by atoms with E-state index in [0.29, 0.717) is 18.9 Å². The first-order valence-corrected chi connectivity index (χ1v) is 18.6. The predicted octanol–water partition coefficient (Wildman–Crippen LogP) is 12.7. The molecular weight excluding hydrogens is 511 g/mol. The van der Waals surface area contributed by atoms with Gasteiger partial charge in [0.15, 0.2) is 0 Å². The highest BCUT2D eigenvalue weighted by Gasteiger charge is 2.14. The molecule has 3 atom stereocenters. The van der Waals surface area contributed by atoms with Crippen molar-refractivity contribution in [3.05, 3.63) is 0 Å². The molecular formula is C36H73O3P. The van der Waals surface area contributed by atoms with E-state index >= 15 is 0 Å². The lowest BCUT2D eigenvalue weighted by molar-refractivity contribution is -0.146. The highest BCUT2D eigenvalue weighted by Crippen LogP contribution is 2.21. The zero-order chi connectivity index (χ0) is 29.4. The molecule has 3 nitrogen and oxygen atoms in total. The van der Waals surface area contributed by atoms with Gasteiger partial charge in [-0.3, -0.25) is 4.79 Å². The van der Waals surface area contributed by atoms with E-state index in [9.17, 15) is 4.79 Å². The molecule has 0 saturated carbocycles. The average molecular weight is 585 g/mol. The van der Waals surface area contributed by atoms with E-state index in [4.69, 9.17) is 9.26 Å². The smallest absolute Gasteiger partial charge is 0.308 e. The molecule has 0 aromatic carbocycles. The lowest BCUT2D eigenvalue weighted by Crippen LogP contribution is -2.18. The molecule has 0 radical (unpaired) electrons. The van der Waals surface area contributed by atoms with Gasteiger partial charge in [-0.2, -0.15) is 0 Å². The summed E-state index contributed by atoms with van der Waals surface area (Å²) in [7, 11) is 2.25. The largest absolute Gasteiger partial charge is 0.465 e. The van der Waals surface area contributed by atoms with Crippen LogP contribution in [0, 0.1) is 5.92 Å². The maximum Gasteiger partial charge on any atom is 0.308 e. The summed E-state index contributed by atoms with van der Waals surface area (Å²) in [5.74, 6) is 0.409. The molecule has 4 heteroatoms. The average Bonchev–Trinajstić information content (AvgIpc) is 2.96. The fraction of sp³-hybridized carbons (Fsp3) is 0.972. The maximum atomic E-state index is 12.2. The lowest BCUT2D eigenvalue weighted by atomic mass is 9.94. The minimum atomic E-state index is -0.115. The van der Waals surface area contributed by atoms with Crippen LogP contribution in [-0.4, -0.2) is 18.7 Å². The van der Waals surface area contributed by atoms with Crippen LogP contribution in [0.2, 0.25) is 0 Å². The summed E-state index contributed by atoms with van der Waals surface area (Å²) >= 11 is 0. The second kappa shape index (κ2) is 33.4. The van der Waals surface area contributed by atoms with Crippen molar-refractivity contribution < 1.29 is 14.1 Å². The van der Waals surface area contributed by atoms with Gasteiger partial charge in [0.05, 0.1) is 19.1 Å². The molecule has 3 unspecified atom stereocenters. The molecule has 40 heavy (non-hydrogen) atoms. The minimum absolute atomic E-state index is 0.0990. The van der Waals surface area contributed by atoms with Crippen LogP contribution in [0.3, 0.4) is 0 Å². The van der Waals surface area contributed by atoms with Gasteiger partial charge in [-0.05, 0) is 25.7 Å². The summed E-state index contributed by atoms with van der Waals surface area (Å²) in [5.41, 5.74) is 0. The molecule has 0 fully saturated rings. The van der Waals surface area contributed by atoms with E-state index in [-0.39, 0.29) is 12.1 Å². The first-order chi connectivity index (χ1) is 19.6. The Balaban J connectivity index is 3.91. The minimum Gasteiger partial charge on any atom is -0.465 e. The fourth-order valence-electron chi connectivity index (χ4n) is 5.77. The van der Waals surface area contributed by atoms with Crippen molar-refractivity contribution in [2.75, 3.05) is 6.61 Å². The Morgan fingerprint density at radius 2 is 0.825 bits per heavy atom. The van der Waals surface area contributed by atoms with Crippen molar-refractivity contribution in [3.8, 4) is 0 Å². The molecule has 240 valence electrons. The predicted molar refractivity (Wildman–Crippen MR) is 180 cm³/mol. The quantitative estimate of drug-likeness (QED) is 0.0437. The Kier molecular flexibility index (Phi) is 33.2. The second-order valence-electron chi connectivity index (χ2n) is 12.8. The van der Waals surface area contributed by atoms with Crippen LogP contribution in [0.15, 0.2) is 0 Å². The zero-order valence-electron chi connectivity index (χ0n) is 27.7. The molecule has 0 heterocycles. The molecule has 0 aliphatic rings. The second-order valence-corrected chi connectivity index (χ2v) is 13.0. The van der Waals surface area contributed by atoms with Crippen molar-refractivity contribution in [3.63, 3.8) is 0 Å². The Morgan fingerprint density at radius 3 is 1.12 bits per heavy atom. The molecule has 0 rings (SSSR count). The topological polar surface area (TPSA) is 35.5 Å². The van der Waals surface area contributed by atoms with Crippen LogP contribution in [0.5, 0.6) is 0 Å². The number of carbonyl (C=O) groups excluding carboxylic acids is 1. The summed E-state index contributed by atoms with van der Waals surface area (Å²) in [5, 5.41) is 0. The van der Waals surface area contributed by atoms with Crippen LogP contribution in [0.4, 0.5) is 0 Å². The third-order valence-electron chi connectivity index (χ3n) is 8.60. The van der Waals surface area contributed by atoms with E-state index in [0.717, 1.165) is 0 Å².